The molecule has 0 aromatic heterocycles. The van der Waals surface area contributed by atoms with Crippen LogP contribution in [0.5, 0.6) is 0 Å². The highest BCUT2D eigenvalue weighted by molar-refractivity contribution is 5.76. The van der Waals surface area contributed by atoms with Crippen LogP contribution in [0.15, 0.2) is 66.7 Å². The van der Waals surface area contributed by atoms with Gasteiger partial charge in [0.05, 0.1) is 17.5 Å². The van der Waals surface area contributed by atoms with Crippen molar-refractivity contribution < 1.29 is 41.0 Å². The first-order chi connectivity index (χ1) is 17.8. The highest BCUT2D eigenvalue weighted by Crippen LogP contribution is 2.37. The number of amides is 2. The molecule has 38 heavy (non-hydrogen) atoms. The Hall–Kier alpha value is -4.02. The third kappa shape index (κ3) is 7.50. The molecule has 11 heteroatoms. The van der Waals surface area contributed by atoms with Crippen molar-refractivity contribution in [3.63, 3.8) is 0 Å². The minimum atomic E-state index is -4.82. The number of alkyl halides is 6. The highest BCUT2D eigenvalue weighted by Gasteiger charge is 2.33. The van der Waals surface area contributed by atoms with Gasteiger partial charge in [0, 0.05) is 19.6 Å². The Bertz CT molecular complexity index is 1290. The number of urea groups is 1. The maximum atomic E-state index is 13.6. The molecular weight excluding hydrogens is 514 g/mol. The minimum absolute atomic E-state index is 0.0186. The van der Waals surface area contributed by atoms with E-state index in [2.05, 4.69) is 5.32 Å². The van der Waals surface area contributed by atoms with Gasteiger partial charge in [-0.05, 0) is 59.0 Å². The molecule has 3 rings (SSSR count). The summed E-state index contributed by atoms with van der Waals surface area (Å²) in [6.07, 6.45) is -10.3. The van der Waals surface area contributed by atoms with E-state index < -0.39 is 41.9 Å². The van der Waals surface area contributed by atoms with Crippen LogP contribution in [0.2, 0.25) is 0 Å². The molecule has 0 fully saturated rings. The molecule has 0 aliphatic carbocycles. The van der Waals surface area contributed by atoms with Gasteiger partial charge >= 0.3 is 24.4 Å². The second-order valence-corrected chi connectivity index (χ2v) is 8.52. The quantitative estimate of drug-likeness (QED) is 0.312. The molecule has 202 valence electrons. The van der Waals surface area contributed by atoms with Gasteiger partial charge in [-0.1, -0.05) is 42.5 Å². The van der Waals surface area contributed by atoms with Gasteiger partial charge in [-0.25, -0.2) is 4.79 Å². The summed E-state index contributed by atoms with van der Waals surface area (Å²) < 4.78 is 81.2. The summed E-state index contributed by atoms with van der Waals surface area (Å²) in [5, 5.41) is 11.8. The number of hydrogen-bond acceptors (Lipinski definition) is 2. The molecule has 0 atom stereocenters. The van der Waals surface area contributed by atoms with Crippen LogP contribution in [0.25, 0.3) is 11.1 Å². The zero-order valence-corrected chi connectivity index (χ0v) is 20.2. The van der Waals surface area contributed by atoms with Gasteiger partial charge in [-0.2, -0.15) is 26.3 Å². The molecule has 0 unspecified atom stereocenters. The summed E-state index contributed by atoms with van der Waals surface area (Å²) in [5.74, 6) is -1.37. The first-order valence-corrected chi connectivity index (χ1v) is 11.5. The topological polar surface area (TPSA) is 69.6 Å². The van der Waals surface area contributed by atoms with Gasteiger partial charge in [0.25, 0.3) is 0 Å². The van der Waals surface area contributed by atoms with Crippen LogP contribution in [0.1, 0.15) is 34.7 Å². The highest BCUT2D eigenvalue weighted by atomic mass is 19.4. The van der Waals surface area contributed by atoms with Crippen molar-refractivity contribution in [3.05, 3.63) is 94.5 Å². The van der Waals surface area contributed by atoms with Gasteiger partial charge < -0.3 is 15.3 Å². The van der Waals surface area contributed by atoms with E-state index >= 15 is 0 Å². The molecule has 2 N–H and O–H groups in total. The molecule has 0 heterocycles. The third-order valence-electron chi connectivity index (χ3n) is 5.74. The Balaban J connectivity index is 2.03. The first-order valence-electron chi connectivity index (χ1n) is 11.5. The Morgan fingerprint density at radius 1 is 0.842 bits per heavy atom. The summed E-state index contributed by atoms with van der Waals surface area (Å²) in [6.45, 7) is 1.55. The second-order valence-electron chi connectivity index (χ2n) is 8.52. The van der Waals surface area contributed by atoms with Crippen molar-refractivity contribution in [2.45, 2.75) is 38.8 Å². The lowest BCUT2D eigenvalue weighted by molar-refractivity contribution is -0.138. The van der Waals surface area contributed by atoms with Crippen LogP contribution in [-0.4, -0.2) is 28.6 Å². The van der Waals surface area contributed by atoms with E-state index in [1.165, 1.54) is 11.0 Å². The number of aliphatic carboxylic acids is 1. The molecule has 3 aromatic carbocycles. The first kappa shape index (κ1) is 28.5. The Labute approximate surface area is 214 Å². The zero-order chi connectivity index (χ0) is 28.1. The van der Waals surface area contributed by atoms with Crippen molar-refractivity contribution in [1.82, 2.24) is 10.2 Å². The minimum Gasteiger partial charge on any atom is -0.481 e. The monoisotopic (exact) mass is 538 g/mol. The van der Waals surface area contributed by atoms with Gasteiger partial charge in [-0.3, -0.25) is 4.79 Å². The van der Waals surface area contributed by atoms with E-state index in [1.54, 1.807) is 37.3 Å². The van der Waals surface area contributed by atoms with Crippen LogP contribution in [0, 0.1) is 0 Å². The summed E-state index contributed by atoms with van der Waals surface area (Å²) >= 11 is 0. The average molecular weight is 538 g/mol. The molecule has 0 aliphatic rings. The van der Waals surface area contributed by atoms with E-state index in [0.29, 0.717) is 6.07 Å². The Morgan fingerprint density at radius 3 is 2.08 bits per heavy atom. The molecule has 0 saturated heterocycles. The number of carboxylic acids is 1. The fraction of sp³-hybridized carbons (Fsp3) is 0.259. The average Bonchev–Trinajstić information content (AvgIpc) is 2.84. The summed E-state index contributed by atoms with van der Waals surface area (Å²) in [4.78, 5) is 25.2. The van der Waals surface area contributed by atoms with Crippen LogP contribution in [-0.2, 0) is 36.7 Å². The number of carboxylic acid groups (broad SMARTS) is 1. The van der Waals surface area contributed by atoms with Crippen molar-refractivity contribution in [3.8, 4) is 11.1 Å². The fourth-order valence-electron chi connectivity index (χ4n) is 3.89. The largest absolute Gasteiger partial charge is 0.481 e. The van der Waals surface area contributed by atoms with Crippen LogP contribution >= 0.6 is 0 Å². The standard InChI is InChI=1S/C27H24F6N2O3/c1-2-35(25(38)34-15-17-6-4-3-5-7-17)16-20-14-21(26(28,29)30)8-9-23(20)19-10-18(12-24(36)37)11-22(13-19)27(31,32)33/h3-11,13-14H,2,12,15-16H2,1H3,(H,34,38)(H,36,37). The summed E-state index contributed by atoms with van der Waals surface area (Å²) in [6, 6.07) is 13.6. The van der Waals surface area contributed by atoms with E-state index in [1.807, 2.05) is 0 Å². The number of nitrogens with one attached hydrogen (secondary N) is 1. The maximum Gasteiger partial charge on any atom is 0.416 e. The lowest BCUT2D eigenvalue weighted by Crippen LogP contribution is -2.39. The van der Waals surface area contributed by atoms with Crippen molar-refractivity contribution in [2.24, 2.45) is 0 Å². The molecule has 0 bridgehead atoms. The molecule has 0 saturated carbocycles. The summed E-state index contributed by atoms with van der Waals surface area (Å²) in [5.41, 5.74) is -1.67. The van der Waals surface area contributed by atoms with Gasteiger partial charge in [0.1, 0.15) is 0 Å². The predicted molar refractivity (Wildman–Crippen MR) is 128 cm³/mol. The predicted octanol–water partition coefficient (Wildman–Crippen LogP) is 6.75. The molecule has 2 amide bonds. The zero-order valence-electron chi connectivity index (χ0n) is 20.2. The van der Waals surface area contributed by atoms with E-state index in [-0.39, 0.29) is 41.9 Å². The van der Waals surface area contributed by atoms with Gasteiger partial charge in [-0.15, -0.1) is 0 Å². The molecule has 5 nitrogen and oxygen atoms in total. The molecule has 0 radical (unpaired) electrons. The third-order valence-corrected chi connectivity index (χ3v) is 5.74. The van der Waals surface area contributed by atoms with E-state index in [4.69, 9.17) is 5.11 Å². The molecule has 3 aromatic rings. The van der Waals surface area contributed by atoms with Gasteiger partial charge in [0.2, 0.25) is 0 Å². The lowest BCUT2D eigenvalue weighted by Gasteiger charge is -2.24. The lowest BCUT2D eigenvalue weighted by atomic mass is 9.93. The molecule has 0 aliphatic heterocycles. The summed E-state index contributed by atoms with van der Waals surface area (Å²) in [7, 11) is 0. The van der Waals surface area contributed by atoms with Crippen LogP contribution < -0.4 is 5.32 Å². The number of carbonyl (C=O) groups is 2. The molecular formula is C27H24F6N2O3. The van der Waals surface area contributed by atoms with E-state index in [9.17, 15) is 35.9 Å². The van der Waals surface area contributed by atoms with Gasteiger partial charge in [0.15, 0.2) is 0 Å². The molecule has 0 spiro atoms. The number of hydrogen-bond donors (Lipinski definition) is 2. The van der Waals surface area contributed by atoms with Crippen molar-refractivity contribution in [1.29, 1.82) is 0 Å². The number of nitrogens with zero attached hydrogens (tertiary/aromatic N) is 1. The van der Waals surface area contributed by atoms with Crippen molar-refractivity contribution in [2.75, 3.05) is 6.54 Å². The fourth-order valence-corrected chi connectivity index (χ4v) is 3.89. The number of benzene rings is 3. The smallest absolute Gasteiger partial charge is 0.416 e. The Morgan fingerprint density at radius 2 is 1.50 bits per heavy atom. The van der Waals surface area contributed by atoms with Crippen LogP contribution in [0.4, 0.5) is 31.1 Å². The normalized spacial score (nSPS) is 11.8. The number of rotatable bonds is 8. The number of halogens is 6. The second kappa shape index (κ2) is 11.6. The maximum absolute atomic E-state index is 13.6. The Kier molecular flexibility index (Phi) is 8.70. The SMILES string of the molecule is CCN(Cc1cc(C(F)(F)F)ccc1-c1cc(CC(=O)O)cc(C(F)(F)F)c1)C(=O)NCc1ccccc1. The van der Waals surface area contributed by atoms with E-state index in [0.717, 1.165) is 29.8 Å². The van der Waals surface area contributed by atoms with Crippen LogP contribution in [0.3, 0.4) is 0 Å². The van der Waals surface area contributed by atoms with Crippen molar-refractivity contribution >= 4 is 12.0 Å². The number of carbonyl (C=O) groups excluding carboxylic acids is 1.